The lowest BCUT2D eigenvalue weighted by Crippen LogP contribution is -2.61. The van der Waals surface area contributed by atoms with Crippen molar-refractivity contribution >= 4 is 5.97 Å². The smallest absolute Gasteiger partial charge is 0.311 e. The van der Waals surface area contributed by atoms with Crippen LogP contribution in [0.4, 0.5) is 0 Å². The summed E-state index contributed by atoms with van der Waals surface area (Å²) in [7, 11) is 3.43. The van der Waals surface area contributed by atoms with Crippen molar-refractivity contribution in [2.75, 3.05) is 27.3 Å². The zero-order valence-electron chi connectivity index (χ0n) is 33.6. The Morgan fingerprint density at radius 2 is 1.52 bits per heavy atom. The molecule has 0 unspecified atom stereocenters. The van der Waals surface area contributed by atoms with Gasteiger partial charge in [-0.3, -0.25) is 9.69 Å². The number of nitrogens with zero attached hydrogens (tertiary/aromatic N) is 1. The number of esters is 1. The number of carbonyl (C=O) groups excluding carboxylic acids is 1. The maximum absolute atomic E-state index is 14.1. The number of aliphatic hydroxyl groups is 6. The summed E-state index contributed by atoms with van der Waals surface area (Å²) in [6, 6.07) is -0.425. The van der Waals surface area contributed by atoms with Gasteiger partial charge < -0.3 is 59.1 Å². The molecule has 0 radical (unpaired) electrons. The number of carbonyl (C=O) groups is 1. The molecule has 306 valence electrons. The first-order valence-corrected chi connectivity index (χ1v) is 19.2. The van der Waals surface area contributed by atoms with E-state index >= 15 is 0 Å². The Hall–Kier alpha value is -1.01. The van der Waals surface area contributed by atoms with Gasteiger partial charge in [0.1, 0.15) is 17.8 Å². The van der Waals surface area contributed by atoms with Crippen LogP contribution >= 0.6 is 0 Å². The molecule has 14 nitrogen and oxygen atoms in total. The van der Waals surface area contributed by atoms with E-state index < -0.39 is 102 Å². The lowest BCUT2D eigenvalue weighted by Gasteiger charge is -2.49. The SMILES string of the molecule is CC[C@H]1OC(=O)[C@H](C)[C@@H](O[C@H]2C[C@@](C)(OC)C[C@H](C)O2)[C@H](C)[C@@H](O[C@@H]2O[C@H](C)C[C@H](N(C)CCO)[C@H]2O)[C@](C)(O)C[C@@H](C)[C@H](O)[C@H](C)[C@@H](O)[C@]1(C)O. The van der Waals surface area contributed by atoms with E-state index in [0.29, 0.717) is 25.8 Å². The van der Waals surface area contributed by atoms with E-state index in [4.69, 9.17) is 28.4 Å². The summed E-state index contributed by atoms with van der Waals surface area (Å²) in [5.74, 6) is -4.00. The number of methoxy groups -OCH3 is 1. The molecule has 0 aromatic heterocycles. The molecule has 3 aliphatic heterocycles. The third kappa shape index (κ3) is 10.4. The minimum absolute atomic E-state index is 0.0317. The maximum atomic E-state index is 14.1. The minimum atomic E-state index is -1.92. The van der Waals surface area contributed by atoms with Gasteiger partial charge in [-0.25, -0.2) is 0 Å². The van der Waals surface area contributed by atoms with Gasteiger partial charge in [-0.05, 0) is 73.8 Å². The molecular weight excluding hydrogens is 678 g/mol. The van der Waals surface area contributed by atoms with Crippen molar-refractivity contribution in [1.82, 2.24) is 4.90 Å². The van der Waals surface area contributed by atoms with Crippen LogP contribution in [-0.2, 0) is 33.2 Å². The van der Waals surface area contributed by atoms with Crippen molar-refractivity contribution < 1.29 is 63.9 Å². The second-order valence-electron chi connectivity index (χ2n) is 16.9. The van der Waals surface area contributed by atoms with E-state index in [1.54, 1.807) is 55.7 Å². The van der Waals surface area contributed by atoms with Gasteiger partial charge in [-0.1, -0.05) is 27.7 Å². The molecular formula is C38H71NO13. The molecule has 0 aromatic rings. The molecule has 0 saturated carbocycles. The molecule has 3 saturated heterocycles. The molecule has 0 aromatic carbocycles. The van der Waals surface area contributed by atoms with Crippen LogP contribution in [0.5, 0.6) is 0 Å². The Morgan fingerprint density at radius 1 is 0.885 bits per heavy atom. The highest BCUT2D eigenvalue weighted by Gasteiger charge is 2.52. The van der Waals surface area contributed by atoms with Crippen LogP contribution in [0, 0.1) is 23.7 Å². The van der Waals surface area contributed by atoms with Crippen molar-refractivity contribution in [2.24, 2.45) is 23.7 Å². The normalized spacial score (nSPS) is 49.0. The van der Waals surface area contributed by atoms with Gasteiger partial charge in [0.15, 0.2) is 12.6 Å². The second-order valence-corrected chi connectivity index (χ2v) is 16.9. The quantitative estimate of drug-likeness (QED) is 0.187. The largest absolute Gasteiger partial charge is 0.459 e. The number of hydrogen-bond donors (Lipinski definition) is 6. The molecule has 3 rings (SSSR count). The number of hydrogen-bond acceptors (Lipinski definition) is 14. The molecule has 0 bridgehead atoms. The van der Waals surface area contributed by atoms with E-state index in [2.05, 4.69) is 0 Å². The van der Waals surface area contributed by atoms with Gasteiger partial charge in [0.05, 0.1) is 60.4 Å². The van der Waals surface area contributed by atoms with Crippen LogP contribution in [0.1, 0.15) is 101 Å². The topological polar surface area (TPSA) is 197 Å². The average molecular weight is 750 g/mol. The molecule has 18 atom stereocenters. The molecule has 3 heterocycles. The van der Waals surface area contributed by atoms with Crippen molar-refractivity contribution in [3.8, 4) is 0 Å². The van der Waals surface area contributed by atoms with Crippen LogP contribution in [0.15, 0.2) is 0 Å². The first kappa shape index (κ1) is 45.4. The third-order valence-electron chi connectivity index (χ3n) is 12.1. The lowest BCUT2D eigenvalue weighted by atomic mass is 9.73. The predicted octanol–water partition coefficient (Wildman–Crippen LogP) is 1.97. The Labute approximate surface area is 311 Å². The third-order valence-corrected chi connectivity index (χ3v) is 12.1. The van der Waals surface area contributed by atoms with E-state index in [9.17, 15) is 35.4 Å². The first-order valence-electron chi connectivity index (χ1n) is 19.2. The predicted molar refractivity (Wildman–Crippen MR) is 192 cm³/mol. The number of likely N-dealkylation sites (N-methyl/N-ethyl adjacent to an activating group) is 1. The molecule has 6 N–H and O–H groups in total. The Morgan fingerprint density at radius 3 is 2.10 bits per heavy atom. The average Bonchev–Trinajstić information content (AvgIpc) is 3.06. The van der Waals surface area contributed by atoms with Gasteiger partial charge >= 0.3 is 5.97 Å². The van der Waals surface area contributed by atoms with Crippen LogP contribution in [0.2, 0.25) is 0 Å². The van der Waals surface area contributed by atoms with Crippen LogP contribution in [0.25, 0.3) is 0 Å². The van der Waals surface area contributed by atoms with Gasteiger partial charge in [-0.15, -0.1) is 0 Å². The molecule has 3 fully saturated rings. The number of rotatable bonds is 9. The number of ether oxygens (including phenoxy) is 6. The first-order chi connectivity index (χ1) is 24.0. The van der Waals surface area contributed by atoms with Gasteiger partial charge in [-0.2, -0.15) is 0 Å². The Balaban J connectivity index is 2.17. The van der Waals surface area contributed by atoms with E-state index in [-0.39, 0.29) is 31.7 Å². The van der Waals surface area contributed by atoms with E-state index in [1.807, 2.05) is 25.7 Å². The molecule has 0 spiro atoms. The van der Waals surface area contributed by atoms with Crippen LogP contribution in [-0.4, -0.2) is 153 Å². The zero-order valence-corrected chi connectivity index (χ0v) is 33.6. The second kappa shape index (κ2) is 18.3. The van der Waals surface area contributed by atoms with Crippen LogP contribution < -0.4 is 0 Å². The zero-order chi connectivity index (χ0) is 39.5. The summed E-state index contributed by atoms with van der Waals surface area (Å²) in [5, 5.41) is 68.3. The van der Waals surface area contributed by atoms with Crippen LogP contribution in [0.3, 0.4) is 0 Å². The monoisotopic (exact) mass is 749 g/mol. The molecule has 0 aliphatic carbocycles. The minimum Gasteiger partial charge on any atom is -0.459 e. The van der Waals surface area contributed by atoms with E-state index in [0.717, 1.165) is 0 Å². The molecule has 3 aliphatic rings. The van der Waals surface area contributed by atoms with Gasteiger partial charge in [0.2, 0.25) is 0 Å². The molecule has 14 heteroatoms. The highest BCUT2D eigenvalue weighted by atomic mass is 16.7. The van der Waals surface area contributed by atoms with Gasteiger partial charge in [0, 0.05) is 44.4 Å². The van der Waals surface area contributed by atoms with E-state index in [1.165, 1.54) is 6.92 Å². The molecule has 52 heavy (non-hydrogen) atoms. The van der Waals surface area contributed by atoms with Gasteiger partial charge in [0.25, 0.3) is 0 Å². The van der Waals surface area contributed by atoms with Crippen molar-refractivity contribution in [3.05, 3.63) is 0 Å². The van der Waals surface area contributed by atoms with Crippen molar-refractivity contribution in [2.45, 2.75) is 186 Å². The van der Waals surface area contributed by atoms with Crippen molar-refractivity contribution in [3.63, 3.8) is 0 Å². The lowest BCUT2D eigenvalue weighted by molar-refractivity contribution is -0.311. The number of cyclic esters (lactones) is 1. The highest BCUT2D eigenvalue weighted by molar-refractivity contribution is 5.73. The highest BCUT2D eigenvalue weighted by Crippen LogP contribution is 2.41. The summed E-state index contributed by atoms with van der Waals surface area (Å²) in [4.78, 5) is 16.0. The summed E-state index contributed by atoms with van der Waals surface area (Å²) in [6.45, 7) is 17.4. The molecule has 0 amide bonds. The summed E-state index contributed by atoms with van der Waals surface area (Å²) >= 11 is 0. The summed E-state index contributed by atoms with van der Waals surface area (Å²) in [6.07, 6.45) is -8.15. The number of aliphatic hydroxyl groups excluding tert-OH is 4. The fraction of sp³-hybridized carbons (Fsp3) is 0.974. The fourth-order valence-corrected chi connectivity index (χ4v) is 8.89. The Kier molecular flexibility index (Phi) is 16.0. The maximum Gasteiger partial charge on any atom is 0.311 e. The summed E-state index contributed by atoms with van der Waals surface area (Å²) < 4.78 is 37.6. The van der Waals surface area contributed by atoms with Crippen molar-refractivity contribution in [1.29, 1.82) is 0 Å². The Bertz CT molecular complexity index is 1130. The summed E-state index contributed by atoms with van der Waals surface area (Å²) in [5.41, 5.74) is -4.22. The fourth-order valence-electron chi connectivity index (χ4n) is 8.89. The standard InChI is InChI=1S/C38H71NO13/c1-13-27-38(10,46)32(43)23(5)29(41)20(2)17-37(9,45)33(52-35-30(42)26(16-21(3)49-35)39(11)14-15-40)24(6)31(25(7)34(44)50-27)51-28-19-36(8,47-12)18-22(4)48-28/h20-33,35,40-43,45-46H,13-19H2,1-12H3/t20-,21-,22+,23+,24+,25-,26+,27-,28+,29+,30-,31+,32-,33-,35+,36+,37-,38-/m1/s1.